The first-order valence-electron chi connectivity index (χ1n) is 5.93. The minimum Gasteiger partial charge on any atom is -0.329 e. The maximum atomic E-state index is 4.59. The van der Waals surface area contributed by atoms with Gasteiger partial charge in [0.05, 0.1) is 5.69 Å². The summed E-state index contributed by atoms with van der Waals surface area (Å²) in [6.07, 6.45) is 0. The number of aromatic nitrogens is 1. The van der Waals surface area contributed by atoms with E-state index < -0.39 is 0 Å². The standard InChI is InChI=1S/C15H17BrN2/c1-10-5-7-14(11(2)9-10)18(4)15-8-6-13(16)12(3)17-15/h5-9H,1-4H3. The van der Waals surface area contributed by atoms with Crippen LogP contribution in [0, 0.1) is 20.8 Å². The molecule has 0 radical (unpaired) electrons. The van der Waals surface area contributed by atoms with Crippen molar-refractivity contribution >= 4 is 27.4 Å². The maximum absolute atomic E-state index is 4.59. The minimum atomic E-state index is 0.961. The van der Waals surface area contributed by atoms with Gasteiger partial charge in [0, 0.05) is 17.2 Å². The highest BCUT2D eigenvalue weighted by atomic mass is 79.9. The average molecular weight is 305 g/mol. The lowest BCUT2D eigenvalue weighted by Crippen LogP contribution is -2.13. The zero-order valence-electron chi connectivity index (χ0n) is 11.2. The van der Waals surface area contributed by atoms with E-state index >= 15 is 0 Å². The average Bonchev–Trinajstić information content (AvgIpc) is 2.32. The zero-order chi connectivity index (χ0) is 13.3. The predicted octanol–water partition coefficient (Wildman–Crippen LogP) is 4.54. The number of aryl methyl sites for hydroxylation is 3. The molecule has 1 aromatic carbocycles. The molecule has 0 aliphatic heterocycles. The molecule has 0 atom stereocenters. The van der Waals surface area contributed by atoms with Crippen LogP contribution in [0.15, 0.2) is 34.8 Å². The quantitative estimate of drug-likeness (QED) is 0.810. The Labute approximate surface area is 117 Å². The molecule has 1 heterocycles. The first kappa shape index (κ1) is 13.1. The van der Waals surface area contributed by atoms with Crippen LogP contribution in [0.3, 0.4) is 0 Å². The fraction of sp³-hybridized carbons (Fsp3) is 0.267. The summed E-state index contributed by atoms with van der Waals surface area (Å²) in [7, 11) is 2.05. The van der Waals surface area contributed by atoms with E-state index in [1.807, 2.05) is 26.1 Å². The highest BCUT2D eigenvalue weighted by Gasteiger charge is 2.09. The molecule has 0 aliphatic carbocycles. The molecule has 0 spiro atoms. The van der Waals surface area contributed by atoms with Gasteiger partial charge in [-0.05, 0) is 60.5 Å². The Balaban J connectivity index is 2.41. The fourth-order valence-electron chi connectivity index (χ4n) is 2.02. The number of hydrogen-bond donors (Lipinski definition) is 0. The molecular weight excluding hydrogens is 288 g/mol. The van der Waals surface area contributed by atoms with Gasteiger partial charge in [-0.2, -0.15) is 0 Å². The molecular formula is C15H17BrN2. The van der Waals surface area contributed by atoms with E-state index in [1.54, 1.807) is 0 Å². The van der Waals surface area contributed by atoms with Crippen molar-refractivity contribution in [3.8, 4) is 0 Å². The van der Waals surface area contributed by atoms with Crippen LogP contribution in [-0.2, 0) is 0 Å². The van der Waals surface area contributed by atoms with Gasteiger partial charge in [0.25, 0.3) is 0 Å². The van der Waals surface area contributed by atoms with Gasteiger partial charge in [0.15, 0.2) is 0 Å². The Morgan fingerprint density at radius 1 is 1.06 bits per heavy atom. The SMILES string of the molecule is Cc1ccc(N(C)c2ccc(Br)c(C)n2)c(C)c1. The third kappa shape index (κ3) is 2.56. The summed E-state index contributed by atoms with van der Waals surface area (Å²) in [4.78, 5) is 6.71. The Kier molecular flexibility index (Phi) is 3.71. The molecule has 2 nitrogen and oxygen atoms in total. The second-order valence-corrected chi connectivity index (χ2v) is 5.44. The van der Waals surface area contributed by atoms with E-state index in [4.69, 9.17) is 0 Å². The number of nitrogens with zero attached hydrogens (tertiary/aromatic N) is 2. The zero-order valence-corrected chi connectivity index (χ0v) is 12.7. The van der Waals surface area contributed by atoms with Crippen LogP contribution in [0.5, 0.6) is 0 Å². The molecule has 2 aromatic rings. The minimum absolute atomic E-state index is 0.961. The van der Waals surface area contributed by atoms with Crippen molar-refractivity contribution in [2.75, 3.05) is 11.9 Å². The smallest absolute Gasteiger partial charge is 0.133 e. The van der Waals surface area contributed by atoms with Gasteiger partial charge in [0.2, 0.25) is 0 Å². The van der Waals surface area contributed by atoms with Crippen molar-refractivity contribution in [1.29, 1.82) is 0 Å². The predicted molar refractivity (Wildman–Crippen MR) is 80.7 cm³/mol. The van der Waals surface area contributed by atoms with Crippen LogP contribution >= 0.6 is 15.9 Å². The maximum Gasteiger partial charge on any atom is 0.133 e. The molecule has 0 N–H and O–H groups in total. The van der Waals surface area contributed by atoms with Crippen LogP contribution < -0.4 is 4.90 Å². The Morgan fingerprint density at radius 2 is 1.78 bits per heavy atom. The van der Waals surface area contributed by atoms with Crippen molar-refractivity contribution in [3.05, 3.63) is 51.6 Å². The summed E-state index contributed by atoms with van der Waals surface area (Å²) < 4.78 is 1.04. The van der Waals surface area contributed by atoms with E-state index in [0.717, 1.165) is 16.0 Å². The van der Waals surface area contributed by atoms with Gasteiger partial charge in [-0.25, -0.2) is 4.98 Å². The summed E-state index contributed by atoms with van der Waals surface area (Å²) in [5.41, 5.74) is 4.74. The van der Waals surface area contributed by atoms with E-state index in [0.29, 0.717) is 0 Å². The molecule has 3 heteroatoms. The molecule has 0 unspecified atom stereocenters. The highest BCUT2D eigenvalue weighted by Crippen LogP contribution is 2.27. The molecule has 1 aromatic heterocycles. The first-order chi connectivity index (χ1) is 8.49. The van der Waals surface area contributed by atoms with Crippen LogP contribution in [0.4, 0.5) is 11.5 Å². The normalized spacial score (nSPS) is 10.5. The lowest BCUT2D eigenvalue weighted by atomic mass is 10.1. The molecule has 0 saturated carbocycles. The Bertz CT molecular complexity index is 579. The van der Waals surface area contributed by atoms with E-state index in [2.05, 4.69) is 57.9 Å². The van der Waals surface area contributed by atoms with Gasteiger partial charge in [0.1, 0.15) is 5.82 Å². The van der Waals surface area contributed by atoms with Crippen LogP contribution in [0.2, 0.25) is 0 Å². The molecule has 0 aliphatic rings. The molecule has 0 amide bonds. The largest absolute Gasteiger partial charge is 0.329 e. The number of pyridine rings is 1. The molecule has 0 fully saturated rings. The van der Waals surface area contributed by atoms with Gasteiger partial charge in [-0.15, -0.1) is 0 Å². The van der Waals surface area contributed by atoms with Gasteiger partial charge >= 0.3 is 0 Å². The second kappa shape index (κ2) is 5.11. The topological polar surface area (TPSA) is 16.1 Å². The van der Waals surface area contributed by atoms with Crippen molar-refractivity contribution in [3.63, 3.8) is 0 Å². The monoisotopic (exact) mass is 304 g/mol. The Hall–Kier alpha value is -1.35. The molecule has 94 valence electrons. The summed E-state index contributed by atoms with van der Waals surface area (Å²) in [6, 6.07) is 10.5. The van der Waals surface area contributed by atoms with E-state index in [-0.39, 0.29) is 0 Å². The summed E-state index contributed by atoms with van der Waals surface area (Å²) in [5.74, 6) is 0.961. The summed E-state index contributed by atoms with van der Waals surface area (Å²) in [5, 5.41) is 0. The molecule has 18 heavy (non-hydrogen) atoms. The van der Waals surface area contributed by atoms with Gasteiger partial charge in [-0.1, -0.05) is 17.7 Å². The molecule has 0 bridgehead atoms. The van der Waals surface area contributed by atoms with Crippen molar-refractivity contribution in [2.45, 2.75) is 20.8 Å². The van der Waals surface area contributed by atoms with Crippen molar-refractivity contribution < 1.29 is 0 Å². The summed E-state index contributed by atoms with van der Waals surface area (Å²) in [6.45, 7) is 6.24. The van der Waals surface area contributed by atoms with Gasteiger partial charge < -0.3 is 4.90 Å². The van der Waals surface area contributed by atoms with E-state index in [1.165, 1.54) is 16.8 Å². The number of benzene rings is 1. The van der Waals surface area contributed by atoms with Crippen LogP contribution in [0.25, 0.3) is 0 Å². The Morgan fingerprint density at radius 3 is 2.39 bits per heavy atom. The van der Waals surface area contributed by atoms with Crippen LogP contribution in [-0.4, -0.2) is 12.0 Å². The van der Waals surface area contributed by atoms with E-state index in [9.17, 15) is 0 Å². The van der Waals surface area contributed by atoms with Crippen molar-refractivity contribution in [2.24, 2.45) is 0 Å². The lowest BCUT2D eigenvalue weighted by Gasteiger charge is -2.21. The second-order valence-electron chi connectivity index (χ2n) is 4.59. The number of halogens is 1. The third-order valence-corrected chi connectivity index (χ3v) is 3.90. The van der Waals surface area contributed by atoms with Gasteiger partial charge in [-0.3, -0.25) is 0 Å². The number of anilines is 2. The van der Waals surface area contributed by atoms with Crippen molar-refractivity contribution in [1.82, 2.24) is 4.98 Å². The third-order valence-electron chi connectivity index (χ3n) is 3.06. The summed E-state index contributed by atoms with van der Waals surface area (Å²) >= 11 is 3.48. The molecule has 0 saturated heterocycles. The number of hydrogen-bond acceptors (Lipinski definition) is 2. The fourth-order valence-corrected chi connectivity index (χ4v) is 2.24. The lowest BCUT2D eigenvalue weighted by molar-refractivity contribution is 1.07. The highest BCUT2D eigenvalue weighted by molar-refractivity contribution is 9.10. The molecule has 2 rings (SSSR count). The number of rotatable bonds is 2. The first-order valence-corrected chi connectivity index (χ1v) is 6.72. The van der Waals surface area contributed by atoms with Crippen LogP contribution in [0.1, 0.15) is 16.8 Å².